The number of benzene rings is 1. The van der Waals surface area contributed by atoms with Gasteiger partial charge in [-0.2, -0.15) is 0 Å². The normalized spacial score (nSPS) is 19.6. The lowest BCUT2D eigenvalue weighted by atomic mass is 10.1. The highest BCUT2D eigenvalue weighted by Gasteiger charge is 2.26. The fraction of sp³-hybridized carbons (Fsp3) is 0.462. The molecule has 1 aromatic rings. The molecule has 1 fully saturated rings. The Kier molecular flexibility index (Phi) is 5.14. The summed E-state index contributed by atoms with van der Waals surface area (Å²) in [4.78, 5) is 14.0. The van der Waals surface area contributed by atoms with Gasteiger partial charge in [-0.05, 0) is 31.0 Å². The highest BCUT2D eigenvalue weighted by Crippen LogP contribution is 2.25. The average molecular weight is 352 g/mol. The van der Waals surface area contributed by atoms with Gasteiger partial charge in [0, 0.05) is 30.9 Å². The molecule has 8 heteroatoms. The number of rotatable bonds is 3. The fourth-order valence-corrected chi connectivity index (χ4v) is 3.28. The summed E-state index contributed by atoms with van der Waals surface area (Å²) in [7, 11) is 3.00. The Morgan fingerprint density at radius 3 is 2.76 bits per heavy atom. The van der Waals surface area contributed by atoms with Crippen molar-refractivity contribution in [2.45, 2.75) is 23.8 Å². The Bertz CT molecular complexity index is 648. The zero-order valence-corrected chi connectivity index (χ0v) is 13.7. The van der Waals surface area contributed by atoms with Gasteiger partial charge >= 0.3 is 0 Å². The number of amides is 1. The topological polar surface area (TPSA) is 63.7 Å². The lowest BCUT2D eigenvalue weighted by Gasteiger charge is -2.32. The molecule has 1 unspecified atom stereocenters. The molecule has 1 aromatic carbocycles. The van der Waals surface area contributed by atoms with E-state index >= 15 is 0 Å². The van der Waals surface area contributed by atoms with Crippen molar-refractivity contribution < 1.29 is 17.9 Å². The molecule has 1 saturated heterocycles. The number of halogens is 2. The fourth-order valence-electron chi connectivity index (χ4n) is 2.31. The molecule has 1 aliphatic rings. The zero-order chi connectivity index (χ0) is 15.6. The zero-order valence-electron chi connectivity index (χ0n) is 11.4. The van der Waals surface area contributed by atoms with Crippen LogP contribution >= 0.6 is 22.3 Å². The van der Waals surface area contributed by atoms with Crippen LogP contribution in [0.15, 0.2) is 23.1 Å². The Labute approximate surface area is 133 Å². The first kappa shape index (κ1) is 16.5. The summed E-state index contributed by atoms with van der Waals surface area (Å²) in [6.07, 6.45) is 1.71. The predicted octanol–water partition coefficient (Wildman–Crippen LogP) is 2.52. The maximum absolute atomic E-state index is 12.5. The van der Waals surface area contributed by atoms with Crippen LogP contribution in [0, 0.1) is 0 Å². The van der Waals surface area contributed by atoms with Crippen molar-refractivity contribution in [1.29, 1.82) is 0 Å². The van der Waals surface area contributed by atoms with E-state index < -0.39 is 9.05 Å². The Balaban J connectivity index is 2.30. The van der Waals surface area contributed by atoms with Crippen molar-refractivity contribution in [3.8, 4) is 0 Å². The first-order valence-corrected chi connectivity index (χ1v) is 9.08. The van der Waals surface area contributed by atoms with Gasteiger partial charge in [0.15, 0.2) is 0 Å². The van der Waals surface area contributed by atoms with Gasteiger partial charge in [0.25, 0.3) is 15.0 Å². The van der Waals surface area contributed by atoms with Gasteiger partial charge in [-0.15, -0.1) is 0 Å². The number of nitrogens with zero attached hydrogens (tertiary/aromatic N) is 1. The van der Waals surface area contributed by atoms with Crippen LogP contribution < -0.4 is 0 Å². The van der Waals surface area contributed by atoms with Crippen molar-refractivity contribution in [2.24, 2.45) is 0 Å². The number of hydrogen-bond donors (Lipinski definition) is 0. The van der Waals surface area contributed by atoms with Crippen molar-refractivity contribution in [3.63, 3.8) is 0 Å². The van der Waals surface area contributed by atoms with Gasteiger partial charge in [0.05, 0.1) is 21.6 Å². The lowest BCUT2D eigenvalue weighted by molar-refractivity contribution is 0.0269. The van der Waals surface area contributed by atoms with Gasteiger partial charge in [-0.1, -0.05) is 11.6 Å². The maximum Gasteiger partial charge on any atom is 0.261 e. The molecule has 1 atom stereocenters. The van der Waals surface area contributed by atoms with E-state index in [1.165, 1.54) is 18.2 Å². The Hall–Kier alpha value is -0.820. The molecule has 0 radical (unpaired) electrons. The van der Waals surface area contributed by atoms with E-state index in [0.717, 1.165) is 12.8 Å². The monoisotopic (exact) mass is 351 g/mol. The summed E-state index contributed by atoms with van der Waals surface area (Å²) in [6, 6.07) is 3.85. The molecule has 0 saturated carbocycles. The summed E-state index contributed by atoms with van der Waals surface area (Å²) in [5.41, 5.74) is 0.134. The Morgan fingerprint density at radius 1 is 1.43 bits per heavy atom. The van der Waals surface area contributed by atoms with E-state index in [1.54, 1.807) is 12.0 Å². The first-order valence-electron chi connectivity index (χ1n) is 6.39. The summed E-state index contributed by atoms with van der Waals surface area (Å²) in [5.74, 6) is -0.316. The van der Waals surface area contributed by atoms with E-state index in [-0.39, 0.29) is 27.5 Å². The molecule has 0 aliphatic carbocycles. The van der Waals surface area contributed by atoms with E-state index in [4.69, 9.17) is 27.0 Å². The molecule has 21 heavy (non-hydrogen) atoms. The van der Waals surface area contributed by atoms with E-state index in [2.05, 4.69) is 0 Å². The predicted molar refractivity (Wildman–Crippen MR) is 80.4 cm³/mol. The first-order chi connectivity index (χ1) is 9.82. The molecule has 1 heterocycles. The number of carbonyl (C=O) groups excluding carboxylic acids is 1. The van der Waals surface area contributed by atoms with E-state index in [9.17, 15) is 13.2 Å². The summed E-state index contributed by atoms with van der Waals surface area (Å²) in [5, 5.41) is 0.198. The average Bonchev–Trinajstić information content (AvgIpc) is 2.46. The van der Waals surface area contributed by atoms with Crippen LogP contribution in [0.4, 0.5) is 0 Å². The third-order valence-electron chi connectivity index (χ3n) is 3.45. The number of carbonyl (C=O) groups is 1. The molecule has 0 bridgehead atoms. The number of methoxy groups -OCH3 is 1. The molecule has 0 N–H and O–H groups in total. The molecule has 0 aromatic heterocycles. The second-order valence-electron chi connectivity index (χ2n) is 4.83. The highest BCUT2D eigenvalue weighted by atomic mass is 35.7. The second kappa shape index (κ2) is 6.52. The third-order valence-corrected chi connectivity index (χ3v) is 5.13. The highest BCUT2D eigenvalue weighted by molar-refractivity contribution is 8.13. The lowest BCUT2D eigenvalue weighted by Crippen LogP contribution is -2.43. The van der Waals surface area contributed by atoms with Crippen LogP contribution in [0.1, 0.15) is 23.2 Å². The molecule has 2 rings (SSSR count). The van der Waals surface area contributed by atoms with Gasteiger partial charge < -0.3 is 9.64 Å². The number of piperidine rings is 1. The number of ether oxygens (including phenoxy) is 1. The standard InChI is InChI=1S/C13H15Cl2NO4S/c1-20-9-3-2-6-16(8-9)13(17)11-7-10(21(15,18)19)4-5-12(11)14/h4-5,7,9H,2-3,6,8H2,1H3. The molecular weight excluding hydrogens is 337 g/mol. The molecule has 1 amide bonds. The molecule has 0 spiro atoms. The van der Waals surface area contributed by atoms with Gasteiger partial charge in [-0.25, -0.2) is 8.42 Å². The quantitative estimate of drug-likeness (QED) is 0.785. The van der Waals surface area contributed by atoms with Crippen LogP contribution in [0.2, 0.25) is 5.02 Å². The maximum atomic E-state index is 12.5. The van der Waals surface area contributed by atoms with E-state index in [0.29, 0.717) is 13.1 Å². The Morgan fingerprint density at radius 2 is 2.14 bits per heavy atom. The molecular formula is C13H15Cl2NO4S. The van der Waals surface area contributed by atoms with Crippen LogP contribution in [0.3, 0.4) is 0 Å². The van der Waals surface area contributed by atoms with Crippen LogP contribution in [-0.4, -0.2) is 45.5 Å². The number of hydrogen-bond acceptors (Lipinski definition) is 4. The largest absolute Gasteiger partial charge is 0.380 e. The molecule has 116 valence electrons. The minimum absolute atomic E-state index is 0.0126. The molecule has 5 nitrogen and oxygen atoms in total. The van der Waals surface area contributed by atoms with Gasteiger partial charge in [-0.3, -0.25) is 4.79 Å². The van der Waals surface area contributed by atoms with Crippen LogP contribution in [0.25, 0.3) is 0 Å². The second-order valence-corrected chi connectivity index (χ2v) is 7.80. The number of likely N-dealkylation sites (tertiary alicyclic amines) is 1. The minimum atomic E-state index is -3.90. The summed E-state index contributed by atoms with van der Waals surface area (Å²) >= 11 is 6.01. The summed E-state index contributed by atoms with van der Waals surface area (Å²) < 4.78 is 28.0. The summed E-state index contributed by atoms with van der Waals surface area (Å²) in [6.45, 7) is 1.05. The smallest absolute Gasteiger partial charge is 0.261 e. The molecule has 1 aliphatic heterocycles. The minimum Gasteiger partial charge on any atom is -0.380 e. The van der Waals surface area contributed by atoms with Crippen molar-refractivity contribution in [2.75, 3.05) is 20.2 Å². The van der Waals surface area contributed by atoms with E-state index in [1.807, 2.05) is 0 Å². The van der Waals surface area contributed by atoms with Crippen LogP contribution in [-0.2, 0) is 13.8 Å². The van der Waals surface area contributed by atoms with Crippen LogP contribution in [0.5, 0.6) is 0 Å². The van der Waals surface area contributed by atoms with Crippen molar-refractivity contribution in [3.05, 3.63) is 28.8 Å². The van der Waals surface area contributed by atoms with Gasteiger partial charge in [0.1, 0.15) is 0 Å². The van der Waals surface area contributed by atoms with Gasteiger partial charge in [0.2, 0.25) is 0 Å². The van der Waals surface area contributed by atoms with Crippen molar-refractivity contribution >= 4 is 37.2 Å². The third kappa shape index (κ3) is 3.88. The SMILES string of the molecule is COC1CCCN(C(=O)c2cc(S(=O)(=O)Cl)ccc2Cl)C1. The van der Waals surface area contributed by atoms with Crippen molar-refractivity contribution in [1.82, 2.24) is 4.90 Å².